The van der Waals surface area contributed by atoms with Gasteiger partial charge in [0.05, 0.1) is 20.3 Å². The van der Waals surface area contributed by atoms with Crippen LogP contribution in [0.2, 0.25) is 10.0 Å². The topological polar surface area (TPSA) is 121 Å². The Morgan fingerprint density at radius 3 is 2.34 bits per heavy atom. The van der Waals surface area contributed by atoms with Gasteiger partial charge in [-0.05, 0) is 99.0 Å². The van der Waals surface area contributed by atoms with E-state index in [1.165, 1.54) is 12.4 Å². The summed E-state index contributed by atoms with van der Waals surface area (Å²) in [6.07, 6.45) is 8.26. The van der Waals surface area contributed by atoms with Crippen LogP contribution in [0.1, 0.15) is 80.9 Å². The van der Waals surface area contributed by atoms with E-state index in [1.54, 1.807) is 7.11 Å². The number of hydrogen-bond donors (Lipinski definition) is 3. The molecule has 3 saturated heterocycles. The fourth-order valence-corrected chi connectivity index (χ4v) is 9.05. The number of piperidine rings is 3. The molecular formula is C40H44Cl2N3O7S+. The van der Waals surface area contributed by atoms with Gasteiger partial charge in [-0.2, -0.15) is 0 Å². The average molecular weight is 782 g/mol. The van der Waals surface area contributed by atoms with Gasteiger partial charge in [-0.25, -0.2) is 9.59 Å². The summed E-state index contributed by atoms with van der Waals surface area (Å²) < 4.78 is 18.7. The second kappa shape index (κ2) is 16.2. The summed E-state index contributed by atoms with van der Waals surface area (Å²) in [4.78, 5) is 30.0. The number of nitrogens with one attached hydrogen (secondary N) is 1. The molecule has 4 fully saturated rings. The number of ether oxygens (including phenoxy) is 3. The van der Waals surface area contributed by atoms with Crippen LogP contribution in [0.25, 0.3) is 0 Å². The van der Waals surface area contributed by atoms with Crippen molar-refractivity contribution in [3.05, 3.63) is 109 Å². The maximum absolute atomic E-state index is 13.8. The zero-order valence-electron chi connectivity index (χ0n) is 29.6. The number of carbonyl (C=O) groups is 2. The first-order chi connectivity index (χ1) is 25.6. The minimum Gasteiger partial charge on any atom is -0.493 e. The van der Waals surface area contributed by atoms with E-state index in [1.807, 2.05) is 54.6 Å². The Kier molecular flexibility index (Phi) is 11.5. The van der Waals surface area contributed by atoms with Crippen LogP contribution >= 0.6 is 34.5 Å². The van der Waals surface area contributed by atoms with E-state index < -0.39 is 17.9 Å². The number of fused-ring (bicyclic) bond motifs is 3. The summed E-state index contributed by atoms with van der Waals surface area (Å²) in [5.41, 5.74) is 2.70. The molecule has 4 aromatic rings. The fourth-order valence-electron chi connectivity index (χ4n) is 7.44. The second-order valence-corrected chi connectivity index (χ2v) is 16.4. The Hall–Kier alpha value is -3.87. The molecule has 4 aliphatic rings. The number of carboxylic acids is 1. The number of aromatic nitrogens is 1. The van der Waals surface area contributed by atoms with Crippen LogP contribution in [0, 0.1) is 11.3 Å². The lowest BCUT2D eigenvalue weighted by Gasteiger charge is -2.48. The molecule has 2 aromatic carbocycles. The van der Waals surface area contributed by atoms with Crippen LogP contribution in [-0.2, 0) is 22.5 Å². The van der Waals surface area contributed by atoms with Gasteiger partial charge in [0.2, 0.25) is 12.4 Å². The van der Waals surface area contributed by atoms with Crippen LogP contribution in [0.3, 0.4) is 0 Å². The highest BCUT2D eigenvalue weighted by molar-refractivity contribution is 7.14. The molecule has 13 heteroatoms. The molecule has 0 radical (unpaired) electrons. The van der Waals surface area contributed by atoms with Gasteiger partial charge in [0, 0.05) is 33.0 Å². The van der Waals surface area contributed by atoms with Crippen molar-refractivity contribution < 1.29 is 38.8 Å². The fraction of sp³-hybridized carbons (Fsp3) is 0.425. The van der Waals surface area contributed by atoms with E-state index in [9.17, 15) is 19.9 Å². The van der Waals surface area contributed by atoms with E-state index in [4.69, 9.17) is 37.4 Å². The maximum atomic E-state index is 13.8. The number of halogens is 2. The average Bonchev–Trinajstić information content (AvgIpc) is 3.90. The molecule has 280 valence electrons. The standard InChI is InChI=1S/C40H43Cl2N3O7S/c1-50-34-10-9-27(17-35(34)51-23-25-7-8-25)29(19-31-32(41)21-45(49)22-33(31)42)30-18-28(53-37(30)38(46)47)20-43-36(26-5-3-2-4-6-26)39(48)52-24-40-11-14-44(15-12-40)16-13-40/h2-6,9-10,17-18,21-22,25,29,36,43H,7-8,11-16,19-20,23-24H2,1H3,(H-,46,47,49)/p+1. The molecule has 0 amide bonds. The Bertz CT molecular complexity index is 1910. The lowest BCUT2D eigenvalue weighted by atomic mass is 9.73. The van der Waals surface area contributed by atoms with Crippen molar-refractivity contribution in [2.75, 3.05) is 40.0 Å². The molecule has 8 rings (SSSR count). The van der Waals surface area contributed by atoms with Crippen molar-refractivity contribution in [1.82, 2.24) is 10.2 Å². The molecule has 2 aromatic heterocycles. The number of carboxylic acid groups (broad SMARTS) is 1. The van der Waals surface area contributed by atoms with Gasteiger partial charge in [-0.15, -0.1) is 11.3 Å². The van der Waals surface area contributed by atoms with Gasteiger partial charge in [-0.3, -0.25) is 10.5 Å². The van der Waals surface area contributed by atoms with E-state index >= 15 is 0 Å². The maximum Gasteiger partial charge on any atom is 0.346 e. The van der Waals surface area contributed by atoms with Gasteiger partial charge < -0.3 is 24.2 Å². The predicted octanol–water partition coefficient (Wildman–Crippen LogP) is 7.31. The zero-order chi connectivity index (χ0) is 37.1. The number of methoxy groups -OCH3 is 1. The Morgan fingerprint density at radius 1 is 1.00 bits per heavy atom. The molecular weight excluding hydrogens is 737 g/mol. The molecule has 0 spiro atoms. The normalized spacial score (nSPS) is 20.5. The van der Waals surface area contributed by atoms with Gasteiger partial charge in [0.25, 0.3) is 0 Å². The van der Waals surface area contributed by atoms with Gasteiger partial charge in [0.15, 0.2) is 11.5 Å². The lowest BCUT2D eigenvalue weighted by Crippen LogP contribution is -2.50. The highest BCUT2D eigenvalue weighted by atomic mass is 35.5. The summed E-state index contributed by atoms with van der Waals surface area (Å²) in [6, 6.07) is 16.2. The summed E-state index contributed by atoms with van der Waals surface area (Å²) in [5.74, 6) is -0.300. The third-order valence-electron chi connectivity index (χ3n) is 10.9. The van der Waals surface area contributed by atoms with Gasteiger partial charge in [-0.1, -0.05) is 59.6 Å². The highest BCUT2D eigenvalue weighted by Gasteiger charge is 2.41. The SMILES string of the molecule is COc1ccc(C(Cc2c(Cl)c[n+](O)cc2Cl)c2cc(CNC(C(=O)OCC34CCN(CC3)CC4)c3ccccc3)sc2C(=O)O)cc1OCC1CC1. The molecule has 1 saturated carbocycles. The number of pyridine rings is 1. The first kappa shape index (κ1) is 37.4. The Balaban J connectivity index is 1.19. The minimum absolute atomic E-state index is 0.0337. The number of aromatic carboxylic acids is 1. The summed E-state index contributed by atoms with van der Waals surface area (Å²) >= 11 is 14.4. The van der Waals surface area contributed by atoms with E-state index in [0.29, 0.717) is 41.8 Å². The van der Waals surface area contributed by atoms with Crippen molar-refractivity contribution >= 4 is 46.5 Å². The summed E-state index contributed by atoms with van der Waals surface area (Å²) in [7, 11) is 1.58. The molecule has 3 aliphatic heterocycles. The van der Waals surface area contributed by atoms with Crippen LogP contribution in [0.5, 0.6) is 11.5 Å². The highest BCUT2D eigenvalue weighted by Crippen LogP contribution is 2.43. The first-order valence-electron chi connectivity index (χ1n) is 18.0. The van der Waals surface area contributed by atoms with E-state index in [-0.39, 0.29) is 39.3 Å². The number of thiophene rings is 1. The Morgan fingerprint density at radius 2 is 1.70 bits per heavy atom. The lowest BCUT2D eigenvalue weighted by molar-refractivity contribution is -0.904. The van der Waals surface area contributed by atoms with Crippen molar-refractivity contribution in [3.8, 4) is 11.5 Å². The first-order valence-corrected chi connectivity index (χ1v) is 19.6. The number of benzene rings is 2. The number of hydrogen-bond acceptors (Lipinski definition) is 9. The van der Waals surface area contributed by atoms with Crippen molar-refractivity contribution in [2.45, 2.75) is 57.0 Å². The molecule has 2 unspecified atom stereocenters. The van der Waals surface area contributed by atoms with Crippen molar-refractivity contribution in [2.24, 2.45) is 11.3 Å². The van der Waals surface area contributed by atoms with Crippen LogP contribution < -0.4 is 19.5 Å². The largest absolute Gasteiger partial charge is 0.493 e. The summed E-state index contributed by atoms with van der Waals surface area (Å²) in [6.45, 7) is 4.31. The quantitative estimate of drug-likeness (QED) is 0.0611. The van der Waals surface area contributed by atoms with E-state index in [2.05, 4.69) is 10.2 Å². The number of nitrogens with zero attached hydrogens (tertiary/aromatic N) is 2. The predicted molar refractivity (Wildman–Crippen MR) is 202 cm³/mol. The molecule has 2 atom stereocenters. The third-order valence-corrected chi connectivity index (χ3v) is 12.7. The minimum atomic E-state index is -1.07. The molecule has 10 nitrogen and oxygen atoms in total. The molecule has 5 heterocycles. The number of carbonyl (C=O) groups excluding carboxylic acids is 1. The number of esters is 1. The molecule has 53 heavy (non-hydrogen) atoms. The monoisotopic (exact) mass is 780 g/mol. The second-order valence-electron chi connectivity index (χ2n) is 14.5. The summed E-state index contributed by atoms with van der Waals surface area (Å²) in [5, 5.41) is 24.5. The molecule has 3 N–H and O–H groups in total. The van der Waals surface area contributed by atoms with Gasteiger partial charge in [0.1, 0.15) is 21.0 Å². The van der Waals surface area contributed by atoms with Crippen LogP contribution in [-0.4, -0.2) is 67.1 Å². The van der Waals surface area contributed by atoms with Crippen molar-refractivity contribution in [1.29, 1.82) is 0 Å². The van der Waals surface area contributed by atoms with Crippen LogP contribution in [0.15, 0.2) is 67.0 Å². The third kappa shape index (κ3) is 8.76. The molecule has 1 aliphatic carbocycles. The zero-order valence-corrected chi connectivity index (χ0v) is 31.9. The number of rotatable bonds is 16. The van der Waals surface area contributed by atoms with Gasteiger partial charge >= 0.3 is 11.9 Å². The van der Waals surface area contributed by atoms with Crippen molar-refractivity contribution in [3.63, 3.8) is 0 Å². The van der Waals surface area contributed by atoms with Crippen LogP contribution in [0.4, 0.5) is 0 Å². The Labute approximate surface area is 323 Å². The smallest absolute Gasteiger partial charge is 0.346 e. The molecule has 2 bridgehead atoms. The van der Waals surface area contributed by atoms with E-state index in [0.717, 1.165) is 83.8 Å².